The summed E-state index contributed by atoms with van der Waals surface area (Å²) in [5, 5.41) is 6.61. The predicted molar refractivity (Wildman–Crippen MR) is 60.1 cm³/mol. The molecule has 0 unspecified atom stereocenters. The number of aryl methyl sites for hydroxylation is 2. The van der Waals surface area contributed by atoms with Crippen LogP contribution in [0.25, 0.3) is 0 Å². The molecule has 0 saturated carbocycles. The van der Waals surface area contributed by atoms with Gasteiger partial charge in [-0.25, -0.2) is 4.98 Å². The number of amides is 1. The van der Waals surface area contributed by atoms with E-state index in [1.54, 1.807) is 19.4 Å². The Morgan fingerprint density at radius 3 is 2.94 bits per heavy atom. The minimum Gasteiger partial charge on any atom is -0.361 e. The van der Waals surface area contributed by atoms with Crippen LogP contribution in [0.1, 0.15) is 22.7 Å². The van der Waals surface area contributed by atoms with Crippen LogP contribution >= 0.6 is 0 Å². The predicted octanol–water partition coefficient (Wildman–Crippen LogP) is 0.873. The normalized spacial score (nSPS) is 10.5. The first kappa shape index (κ1) is 11.4. The minimum atomic E-state index is -0.0611. The molecule has 0 atom stereocenters. The maximum atomic E-state index is 11.7. The molecule has 0 saturated heterocycles. The van der Waals surface area contributed by atoms with Crippen LogP contribution in [-0.4, -0.2) is 21.0 Å². The summed E-state index contributed by atoms with van der Waals surface area (Å²) in [6, 6.07) is 0. The summed E-state index contributed by atoms with van der Waals surface area (Å²) < 4.78 is 5.00. The number of nitrogens with zero attached hydrogens (tertiary/aromatic N) is 2. The lowest BCUT2D eigenvalue weighted by molar-refractivity contribution is -0.120. The van der Waals surface area contributed by atoms with Crippen molar-refractivity contribution < 1.29 is 9.32 Å². The van der Waals surface area contributed by atoms with Crippen LogP contribution in [0.4, 0.5) is 0 Å². The molecule has 6 nitrogen and oxygen atoms in total. The number of imidazole rings is 1. The SMILES string of the molecule is Cc1noc(C)c1CC(=O)NCc1cnc[nH]1. The van der Waals surface area contributed by atoms with E-state index in [0.29, 0.717) is 12.3 Å². The molecule has 90 valence electrons. The molecule has 2 heterocycles. The first-order chi connectivity index (χ1) is 8.16. The Morgan fingerprint density at radius 2 is 2.35 bits per heavy atom. The van der Waals surface area contributed by atoms with Crippen LogP contribution < -0.4 is 5.32 Å². The van der Waals surface area contributed by atoms with Gasteiger partial charge in [0.2, 0.25) is 5.91 Å². The summed E-state index contributed by atoms with van der Waals surface area (Å²) in [6.07, 6.45) is 3.54. The van der Waals surface area contributed by atoms with E-state index in [0.717, 1.165) is 17.0 Å². The quantitative estimate of drug-likeness (QED) is 0.822. The highest BCUT2D eigenvalue weighted by Gasteiger charge is 2.13. The third kappa shape index (κ3) is 2.72. The van der Waals surface area contributed by atoms with Crippen molar-refractivity contribution >= 4 is 5.91 Å². The van der Waals surface area contributed by atoms with Gasteiger partial charge in [0.05, 0.1) is 30.7 Å². The lowest BCUT2D eigenvalue weighted by Crippen LogP contribution is -2.25. The third-order valence-electron chi connectivity index (χ3n) is 2.55. The van der Waals surface area contributed by atoms with Crippen LogP contribution in [-0.2, 0) is 17.8 Å². The molecule has 0 bridgehead atoms. The van der Waals surface area contributed by atoms with Crippen molar-refractivity contribution in [2.45, 2.75) is 26.8 Å². The molecule has 2 N–H and O–H groups in total. The van der Waals surface area contributed by atoms with Gasteiger partial charge in [0.1, 0.15) is 5.76 Å². The summed E-state index contributed by atoms with van der Waals surface area (Å²) in [4.78, 5) is 18.5. The Kier molecular flexibility index (Phi) is 3.22. The van der Waals surface area contributed by atoms with Crippen molar-refractivity contribution in [3.05, 3.63) is 35.2 Å². The fourth-order valence-electron chi connectivity index (χ4n) is 1.55. The van der Waals surface area contributed by atoms with Crippen molar-refractivity contribution in [3.8, 4) is 0 Å². The molecule has 0 aliphatic carbocycles. The van der Waals surface area contributed by atoms with Gasteiger partial charge in [-0.3, -0.25) is 4.79 Å². The standard InChI is InChI=1S/C11H14N4O2/c1-7-10(8(2)17-15-7)3-11(16)13-5-9-4-12-6-14-9/h4,6H,3,5H2,1-2H3,(H,12,14)(H,13,16). The number of hydrogen-bond acceptors (Lipinski definition) is 4. The highest BCUT2D eigenvalue weighted by atomic mass is 16.5. The summed E-state index contributed by atoms with van der Waals surface area (Å²) in [5.74, 6) is 0.633. The number of hydrogen-bond donors (Lipinski definition) is 2. The van der Waals surface area contributed by atoms with E-state index >= 15 is 0 Å². The largest absolute Gasteiger partial charge is 0.361 e. The van der Waals surface area contributed by atoms with Gasteiger partial charge in [0, 0.05) is 11.8 Å². The van der Waals surface area contributed by atoms with E-state index in [2.05, 4.69) is 20.4 Å². The van der Waals surface area contributed by atoms with Crippen LogP contribution in [0.3, 0.4) is 0 Å². The van der Waals surface area contributed by atoms with Crippen molar-refractivity contribution in [3.63, 3.8) is 0 Å². The number of carbonyl (C=O) groups excluding carboxylic acids is 1. The molecular weight excluding hydrogens is 220 g/mol. The van der Waals surface area contributed by atoms with Gasteiger partial charge in [-0.05, 0) is 13.8 Å². The average molecular weight is 234 g/mol. The second kappa shape index (κ2) is 4.82. The lowest BCUT2D eigenvalue weighted by Gasteiger charge is -2.03. The Morgan fingerprint density at radius 1 is 1.53 bits per heavy atom. The molecule has 0 aliphatic heterocycles. The van der Waals surface area contributed by atoms with Gasteiger partial charge in [0.15, 0.2) is 0 Å². The first-order valence-corrected chi connectivity index (χ1v) is 5.32. The van der Waals surface area contributed by atoms with Crippen molar-refractivity contribution in [2.75, 3.05) is 0 Å². The second-order valence-corrected chi connectivity index (χ2v) is 3.83. The Balaban J connectivity index is 1.89. The van der Waals surface area contributed by atoms with Gasteiger partial charge in [-0.1, -0.05) is 5.16 Å². The van der Waals surface area contributed by atoms with Crippen LogP contribution in [0.5, 0.6) is 0 Å². The van der Waals surface area contributed by atoms with Crippen LogP contribution in [0, 0.1) is 13.8 Å². The Bertz CT molecular complexity index is 482. The number of nitrogens with one attached hydrogen (secondary N) is 2. The molecule has 2 aromatic heterocycles. The molecular formula is C11H14N4O2. The van der Waals surface area contributed by atoms with Gasteiger partial charge < -0.3 is 14.8 Å². The van der Waals surface area contributed by atoms with Gasteiger partial charge in [-0.2, -0.15) is 0 Å². The van der Waals surface area contributed by atoms with Crippen molar-refractivity contribution in [2.24, 2.45) is 0 Å². The topological polar surface area (TPSA) is 83.8 Å². The second-order valence-electron chi connectivity index (χ2n) is 3.83. The molecule has 6 heteroatoms. The van der Waals surface area contributed by atoms with Gasteiger partial charge >= 0.3 is 0 Å². The molecule has 0 fully saturated rings. The minimum absolute atomic E-state index is 0.0611. The molecule has 2 rings (SSSR count). The maximum Gasteiger partial charge on any atom is 0.224 e. The summed E-state index contributed by atoms with van der Waals surface area (Å²) >= 11 is 0. The number of carbonyl (C=O) groups is 1. The highest BCUT2D eigenvalue weighted by Crippen LogP contribution is 2.12. The number of aromatic nitrogens is 3. The van der Waals surface area contributed by atoms with Gasteiger partial charge in [-0.15, -0.1) is 0 Å². The molecule has 0 aliphatic rings. The Hall–Kier alpha value is -2.11. The third-order valence-corrected chi connectivity index (χ3v) is 2.55. The zero-order valence-corrected chi connectivity index (χ0v) is 9.78. The van der Waals surface area contributed by atoms with E-state index < -0.39 is 0 Å². The molecule has 0 spiro atoms. The smallest absolute Gasteiger partial charge is 0.224 e. The number of H-pyrrole nitrogens is 1. The van der Waals surface area contributed by atoms with Crippen LogP contribution in [0.15, 0.2) is 17.0 Å². The lowest BCUT2D eigenvalue weighted by atomic mass is 10.1. The molecule has 0 aromatic carbocycles. The van der Waals surface area contributed by atoms with Crippen molar-refractivity contribution in [1.29, 1.82) is 0 Å². The van der Waals surface area contributed by atoms with E-state index in [1.807, 2.05) is 6.92 Å². The summed E-state index contributed by atoms with van der Waals surface area (Å²) in [5.41, 5.74) is 2.49. The summed E-state index contributed by atoms with van der Waals surface area (Å²) in [7, 11) is 0. The monoisotopic (exact) mass is 234 g/mol. The van der Waals surface area contributed by atoms with E-state index in [1.165, 1.54) is 0 Å². The van der Waals surface area contributed by atoms with E-state index in [9.17, 15) is 4.79 Å². The number of aromatic amines is 1. The van der Waals surface area contributed by atoms with Crippen molar-refractivity contribution in [1.82, 2.24) is 20.4 Å². The Labute approximate surface area is 98.4 Å². The zero-order valence-electron chi connectivity index (χ0n) is 9.78. The maximum absolute atomic E-state index is 11.7. The molecule has 17 heavy (non-hydrogen) atoms. The molecule has 0 radical (unpaired) electrons. The summed E-state index contributed by atoms with van der Waals surface area (Å²) in [6.45, 7) is 4.08. The molecule has 1 amide bonds. The average Bonchev–Trinajstić information content (AvgIpc) is 2.91. The van der Waals surface area contributed by atoms with E-state index in [4.69, 9.17) is 4.52 Å². The van der Waals surface area contributed by atoms with Crippen LogP contribution in [0.2, 0.25) is 0 Å². The first-order valence-electron chi connectivity index (χ1n) is 5.32. The van der Waals surface area contributed by atoms with Gasteiger partial charge in [0.25, 0.3) is 0 Å². The fraction of sp³-hybridized carbons (Fsp3) is 0.364. The van der Waals surface area contributed by atoms with E-state index in [-0.39, 0.29) is 12.3 Å². The number of rotatable bonds is 4. The highest BCUT2D eigenvalue weighted by molar-refractivity contribution is 5.78. The zero-order chi connectivity index (χ0) is 12.3. The molecule has 2 aromatic rings. The fourth-order valence-corrected chi connectivity index (χ4v) is 1.55.